The van der Waals surface area contributed by atoms with E-state index in [1.807, 2.05) is 32.2 Å². The molecule has 1 aliphatic rings. The van der Waals surface area contributed by atoms with E-state index in [9.17, 15) is 9.59 Å². The minimum absolute atomic E-state index is 0.185. The highest BCUT2D eigenvalue weighted by Gasteiger charge is 2.30. The van der Waals surface area contributed by atoms with Gasteiger partial charge in [-0.2, -0.15) is 5.10 Å². The number of nitrogens with zero attached hydrogens (tertiary/aromatic N) is 6. The molecule has 0 atom stereocenters. The summed E-state index contributed by atoms with van der Waals surface area (Å²) in [5, 5.41) is 8.65. The predicted molar refractivity (Wildman–Crippen MR) is 150 cm³/mol. The SMILES string of the molecule is COc1cc2c(cnn2C)cc1-c1cc(C)ncc1C(=O)Nc1nc2c(s1)CN(C(=O)c1cccnc1OC)C2. The van der Waals surface area contributed by atoms with Crippen LogP contribution < -0.4 is 14.8 Å². The van der Waals surface area contributed by atoms with Crippen LogP contribution in [0.2, 0.25) is 0 Å². The third-order valence-electron chi connectivity index (χ3n) is 6.80. The van der Waals surface area contributed by atoms with Gasteiger partial charge in [-0.1, -0.05) is 11.3 Å². The number of thiazole rings is 1. The van der Waals surface area contributed by atoms with Crippen molar-refractivity contribution < 1.29 is 19.1 Å². The number of pyridine rings is 2. The van der Waals surface area contributed by atoms with Crippen LogP contribution >= 0.6 is 11.3 Å². The number of aromatic nitrogens is 5. The topological polar surface area (TPSA) is 124 Å². The maximum Gasteiger partial charge on any atom is 0.260 e. The van der Waals surface area contributed by atoms with Crippen LogP contribution in [0, 0.1) is 6.92 Å². The van der Waals surface area contributed by atoms with Crippen molar-refractivity contribution in [3.63, 3.8) is 0 Å². The molecule has 202 valence electrons. The number of fused-ring (bicyclic) bond motifs is 2. The Balaban J connectivity index is 1.25. The fourth-order valence-corrected chi connectivity index (χ4v) is 5.79. The van der Waals surface area contributed by atoms with Crippen LogP contribution in [0.3, 0.4) is 0 Å². The molecule has 4 aromatic heterocycles. The molecule has 6 rings (SSSR count). The van der Waals surface area contributed by atoms with Gasteiger partial charge in [-0.25, -0.2) is 9.97 Å². The summed E-state index contributed by atoms with van der Waals surface area (Å²) in [4.78, 5) is 42.3. The van der Waals surface area contributed by atoms with Crippen LogP contribution in [-0.2, 0) is 20.1 Å². The highest BCUT2D eigenvalue weighted by atomic mass is 32.1. The first-order chi connectivity index (χ1) is 19.4. The number of carbonyl (C=O) groups is 2. The number of carbonyl (C=O) groups excluding carboxylic acids is 2. The van der Waals surface area contributed by atoms with E-state index >= 15 is 0 Å². The van der Waals surface area contributed by atoms with Crippen LogP contribution in [0.15, 0.2) is 48.9 Å². The Labute approximate surface area is 233 Å². The van der Waals surface area contributed by atoms with Gasteiger partial charge in [0.2, 0.25) is 5.88 Å². The van der Waals surface area contributed by atoms with Crippen molar-refractivity contribution in [2.24, 2.45) is 7.05 Å². The highest BCUT2D eigenvalue weighted by molar-refractivity contribution is 7.16. The molecular formula is C28H25N7O4S. The summed E-state index contributed by atoms with van der Waals surface area (Å²) in [5.74, 6) is 0.386. The lowest BCUT2D eigenvalue weighted by molar-refractivity contribution is 0.0746. The average Bonchev–Trinajstić information content (AvgIpc) is 3.64. The van der Waals surface area contributed by atoms with Gasteiger partial charge in [-0.05, 0) is 31.2 Å². The number of methoxy groups -OCH3 is 2. The first-order valence-electron chi connectivity index (χ1n) is 12.4. The molecule has 11 nitrogen and oxygen atoms in total. The maximum absolute atomic E-state index is 13.5. The van der Waals surface area contributed by atoms with Gasteiger partial charge in [-0.3, -0.25) is 24.6 Å². The Hall–Kier alpha value is -4.84. The van der Waals surface area contributed by atoms with Gasteiger partial charge in [0.25, 0.3) is 11.8 Å². The fraction of sp³-hybridized carbons (Fsp3) is 0.214. The summed E-state index contributed by atoms with van der Waals surface area (Å²) in [7, 11) is 4.95. The molecule has 0 spiro atoms. The molecule has 5 aromatic rings. The zero-order valence-corrected chi connectivity index (χ0v) is 23.1. The number of nitrogens with one attached hydrogen (secondary N) is 1. The highest BCUT2D eigenvalue weighted by Crippen LogP contribution is 2.37. The molecule has 40 heavy (non-hydrogen) atoms. The Morgan fingerprint density at radius 1 is 1.02 bits per heavy atom. The molecule has 0 bridgehead atoms. The monoisotopic (exact) mass is 555 g/mol. The third-order valence-corrected chi connectivity index (χ3v) is 7.80. The zero-order valence-electron chi connectivity index (χ0n) is 22.3. The second kappa shape index (κ2) is 10.0. The smallest absolute Gasteiger partial charge is 0.260 e. The Morgan fingerprint density at radius 2 is 1.88 bits per heavy atom. The first kappa shape index (κ1) is 25.4. The number of amides is 2. The molecule has 0 unspecified atom stereocenters. The van der Waals surface area contributed by atoms with Gasteiger partial charge in [-0.15, -0.1) is 0 Å². The molecule has 0 radical (unpaired) electrons. The lowest BCUT2D eigenvalue weighted by Gasteiger charge is -2.16. The van der Waals surface area contributed by atoms with Gasteiger partial charge in [0.1, 0.15) is 11.3 Å². The van der Waals surface area contributed by atoms with Crippen LogP contribution in [0.1, 0.15) is 37.0 Å². The standard InChI is InChI=1S/C28H25N7O4S/c1-15-8-18(19-9-16-11-31-34(2)22(16)10-23(19)38-3)20(12-30-15)25(36)33-28-32-21-13-35(14-24(21)40-28)27(37)17-6-5-7-29-26(17)39-4/h5-12H,13-14H2,1-4H3,(H,32,33,36). The molecule has 1 aromatic carbocycles. The van der Waals surface area contributed by atoms with Crippen LogP contribution in [-0.4, -0.2) is 55.7 Å². The van der Waals surface area contributed by atoms with Crippen LogP contribution in [0.5, 0.6) is 11.6 Å². The maximum atomic E-state index is 13.5. The van der Waals surface area contributed by atoms with Crippen LogP contribution in [0.25, 0.3) is 22.0 Å². The van der Waals surface area contributed by atoms with Crippen molar-refractivity contribution in [1.82, 2.24) is 29.6 Å². The van der Waals surface area contributed by atoms with Gasteiger partial charge in [0, 0.05) is 47.7 Å². The van der Waals surface area contributed by atoms with Gasteiger partial charge in [0.05, 0.1) is 55.2 Å². The van der Waals surface area contributed by atoms with Gasteiger partial charge in [0.15, 0.2) is 5.13 Å². The van der Waals surface area contributed by atoms with Crippen molar-refractivity contribution in [2.45, 2.75) is 20.0 Å². The Bertz CT molecular complexity index is 1770. The Kier molecular flexibility index (Phi) is 6.39. The van der Waals surface area contributed by atoms with E-state index in [-0.39, 0.29) is 17.7 Å². The number of hydrogen-bond acceptors (Lipinski definition) is 9. The third kappa shape index (κ3) is 4.41. The van der Waals surface area contributed by atoms with E-state index in [1.54, 1.807) is 47.4 Å². The molecule has 0 aliphatic carbocycles. The second-order valence-electron chi connectivity index (χ2n) is 9.32. The largest absolute Gasteiger partial charge is 0.496 e. The molecule has 1 N–H and O–H groups in total. The van der Waals surface area contributed by atoms with Gasteiger partial charge < -0.3 is 14.4 Å². The molecular weight excluding hydrogens is 530 g/mol. The number of ether oxygens (including phenoxy) is 2. The number of rotatable bonds is 6. The zero-order chi connectivity index (χ0) is 28.0. The summed E-state index contributed by atoms with van der Waals surface area (Å²) in [6.07, 6.45) is 4.92. The summed E-state index contributed by atoms with van der Waals surface area (Å²) in [6, 6.07) is 9.13. The summed E-state index contributed by atoms with van der Waals surface area (Å²) >= 11 is 1.35. The van der Waals surface area contributed by atoms with Crippen molar-refractivity contribution in [2.75, 3.05) is 19.5 Å². The predicted octanol–water partition coefficient (Wildman–Crippen LogP) is 4.22. The molecule has 2 amide bonds. The quantitative estimate of drug-likeness (QED) is 0.330. The van der Waals surface area contributed by atoms with E-state index in [0.717, 1.165) is 32.7 Å². The molecule has 0 saturated carbocycles. The van der Waals surface area contributed by atoms with E-state index in [0.29, 0.717) is 40.7 Å². The van der Waals surface area contributed by atoms with Crippen molar-refractivity contribution >= 4 is 39.2 Å². The minimum atomic E-state index is -0.337. The van der Waals surface area contributed by atoms with E-state index < -0.39 is 0 Å². The molecule has 12 heteroatoms. The van der Waals surface area contributed by atoms with Crippen molar-refractivity contribution in [3.8, 4) is 22.8 Å². The number of anilines is 1. The minimum Gasteiger partial charge on any atom is -0.496 e. The van der Waals surface area contributed by atoms with Crippen molar-refractivity contribution in [3.05, 3.63) is 76.3 Å². The lowest BCUT2D eigenvalue weighted by Crippen LogP contribution is -2.26. The lowest BCUT2D eigenvalue weighted by atomic mass is 9.98. The summed E-state index contributed by atoms with van der Waals surface area (Å²) < 4.78 is 12.7. The van der Waals surface area contributed by atoms with E-state index in [2.05, 4.69) is 25.4 Å². The average molecular weight is 556 g/mol. The molecule has 0 fully saturated rings. The van der Waals surface area contributed by atoms with Gasteiger partial charge >= 0.3 is 0 Å². The Morgan fingerprint density at radius 3 is 2.65 bits per heavy atom. The number of benzene rings is 1. The molecule has 1 aliphatic heterocycles. The summed E-state index contributed by atoms with van der Waals surface area (Å²) in [6.45, 7) is 2.59. The van der Waals surface area contributed by atoms with Crippen molar-refractivity contribution in [1.29, 1.82) is 0 Å². The number of hydrogen-bond donors (Lipinski definition) is 1. The summed E-state index contributed by atoms with van der Waals surface area (Å²) in [5.41, 5.74) is 4.69. The molecule has 0 saturated heterocycles. The number of aryl methyl sites for hydroxylation is 2. The first-order valence-corrected chi connectivity index (χ1v) is 13.2. The molecule has 5 heterocycles. The normalized spacial score (nSPS) is 12.4. The fourth-order valence-electron chi connectivity index (χ4n) is 4.81. The van der Waals surface area contributed by atoms with E-state index in [1.165, 1.54) is 18.4 Å². The second-order valence-corrected chi connectivity index (χ2v) is 10.4. The van der Waals surface area contributed by atoms with Crippen LogP contribution in [0.4, 0.5) is 5.13 Å². The van der Waals surface area contributed by atoms with E-state index in [4.69, 9.17) is 9.47 Å².